The van der Waals surface area contributed by atoms with Crippen molar-refractivity contribution in [2.75, 3.05) is 11.9 Å². The van der Waals surface area contributed by atoms with Crippen LogP contribution in [0.1, 0.15) is 25.3 Å². The lowest BCUT2D eigenvalue weighted by molar-refractivity contribution is -0.111. The second-order valence-electron chi connectivity index (χ2n) is 5.11. The number of hydrogen-bond acceptors (Lipinski definition) is 3. The van der Waals surface area contributed by atoms with Gasteiger partial charge in [-0.1, -0.05) is 37.6 Å². The smallest absolute Gasteiger partial charge is 0.248 e. The number of phenols is 1. The first-order chi connectivity index (χ1) is 11.2. The lowest BCUT2D eigenvalue weighted by atomic mass is 10.2. The van der Waals surface area contributed by atoms with Crippen LogP contribution in [-0.4, -0.2) is 17.6 Å². The van der Waals surface area contributed by atoms with Gasteiger partial charge in [0.1, 0.15) is 11.5 Å². The first kappa shape index (κ1) is 16.6. The van der Waals surface area contributed by atoms with Crippen molar-refractivity contribution in [3.05, 3.63) is 60.2 Å². The average molecular weight is 311 g/mol. The van der Waals surface area contributed by atoms with Crippen LogP contribution in [0.25, 0.3) is 6.08 Å². The molecule has 2 aromatic carbocycles. The fourth-order valence-electron chi connectivity index (χ4n) is 1.95. The lowest BCUT2D eigenvalue weighted by Gasteiger charge is -2.11. The third-order valence-electron chi connectivity index (χ3n) is 3.22. The van der Waals surface area contributed by atoms with Gasteiger partial charge >= 0.3 is 0 Å². The zero-order valence-electron chi connectivity index (χ0n) is 13.2. The molecule has 0 aliphatic heterocycles. The fraction of sp³-hybridized carbons (Fsp3) is 0.211. The summed E-state index contributed by atoms with van der Waals surface area (Å²) in [4.78, 5) is 12.0. The van der Waals surface area contributed by atoms with E-state index >= 15 is 0 Å². The number of nitrogens with one attached hydrogen (secondary N) is 1. The maximum Gasteiger partial charge on any atom is 0.248 e. The lowest BCUT2D eigenvalue weighted by Crippen LogP contribution is -2.09. The van der Waals surface area contributed by atoms with Crippen LogP contribution in [-0.2, 0) is 4.79 Å². The van der Waals surface area contributed by atoms with Gasteiger partial charge in [0.2, 0.25) is 5.91 Å². The number of rotatable bonds is 7. The summed E-state index contributed by atoms with van der Waals surface area (Å²) in [5, 5.41) is 12.0. The number of carbonyl (C=O) groups is 1. The van der Waals surface area contributed by atoms with Crippen LogP contribution in [0.15, 0.2) is 54.6 Å². The van der Waals surface area contributed by atoms with E-state index in [4.69, 9.17) is 4.74 Å². The van der Waals surface area contributed by atoms with E-state index in [1.165, 1.54) is 6.08 Å². The quantitative estimate of drug-likeness (QED) is 0.594. The molecule has 0 unspecified atom stereocenters. The number of ether oxygens (including phenoxy) is 1. The van der Waals surface area contributed by atoms with Crippen molar-refractivity contribution in [3.63, 3.8) is 0 Å². The first-order valence-corrected chi connectivity index (χ1v) is 7.69. The monoisotopic (exact) mass is 311 g/mol. The van der Waals surface area contributed by atoms with Crippen molar-refractivity contribution >= 4 is 17.7 Å². The summed E-state index contributed by atoms with van der Waals surface area (Å²) in [6, 6.07) is 14.0. The van der Waals surface area contributed by atoms with Gasteiger partial charge in [-0.25, -0.2) is 0 Å². The molecule has 0 aliphatic carbocycles. The number of aromatic hydroxyl groups is 1. The molecular weight excluding hydrogens is 290 g/mol. The van der Waals surface area contributed by atoms with E-state index in [0.29, 0.717) is 18.0 Å². The van der Waals surface area contributed by atoms with Crippen molar-refractivity contribution in [3.8, 4) is 11.5 Å². The highest BCUT2D eigenvalue weighted by Crippen LogP contribution is 2.24. The zero-order valence-corrected chi connectivity index (χ0v) is 13.2. The first-order valence-electron chi connectivity index (χ1n) is 7.69. The molecule has 0 saturated heterocycles. The van der Waals surface area contributed by atoms with Crippen LogP contribution < -0.4 is 10.1 Å². The molecule has 0 fully saturated rings. The highest BCUT2D eigenvalue weighted by Gasteiger charge is 2.05. The van der Waals surface area contributed by atoms with Gasteiger partial charge in [-0.2, -0.15) is 0 Å². The van der Waals surface area contributed by atoms with Crippen LogP contribution in [0.5, 0.6) is 11.5 Å². The zero-order chi connectivity index (χ0) is 16.5. The van der Waals surface area contributed by atoms with Crippen molar-refractivity contribution in [1.82, 2.24) is 0 Å². The minimum absolute atomic E-state index is 0.199. The molecule has 0 atom stereocenters. The molecule has 0 spiro atoms. The van der Waals surface area contributed by atoms with E-state index in [-0.39, 0.29) is 11.7 Å². The van der Waals surface area contributed by atoms with Crippen LogP contribution in [0.3, 0.4) is 0 Å². The molecule has 2 rings (SSSR count). The van der Waals surface area contributed by atoms with E-state index in [2.05, 4.69) is 12.2 Å². The minimum Gasteiger partial charge on any atom is -0.508 e. The summed E-state index contributed by atoms with van der Waals surface area (Å²) in [5.41, 5.74) is 1.49. The topological polar surface area (TPSA) is 58.6 Å². The molecule has 120 valence electrons. The van der Waals surface area contributed by atoms with Gasteiger partial charge in [-0.15, -0.1) is 0 Å². The number of para-hydroxylation sites is 2. The average Bonchev–Trinajstić information content (AvgIpc) is 2.56. The standard InChI is InChI=1S/C19H21NO3/c1-2-3-14-23-18-7-5-4-6-17(18)20-19(22)13-10-15-8-11-16(21)12-9-15/h4-13,21H,2-3,14H2,1H3,(H,20,22)/b13-10+. The van der Waals surface area contributed by atoms with Gasteiger partial charge in [0.05, 0.1) is 12.3 Å². The van der Waals surface area contributed by atoms with Crippen molar-refractivity contribution < 1.29 is 14.6 Å². The molecule has 0 aromatic heterocycles. The Morgan fingerprint density at radius 1 is 1.17 bits per heavy atom. The predicted molar refractivity (Wildman–Crippen MR) is 92.6 cm³/mol. The second kappa shape index (κ2) is 8.63. The number of carbonyl (C=O) groups excluding carboxylic acids is 1. The van der Waals surface area contributed by atoms with E-state index in [1.54, 1.807) is 30.3 Å². The van der Waals surface area contributed by atoms with E-state index < -0.39 is 0 Å². The van der Waals surface area contributed by atoms with Crippen LogP contribution >= 0.6 is 0 Å². The number of amides is 1. The molecule has 0 saturated carbocycles. The molecule has 0 aliphatic rings. The SMILES string of the molecule is CCCCOc1ccccc1NC(=O)/C=C/c1ccc(O)cc1. The molecule has 2 N–H and O–H groups in total. The number of anilines is 1. The Bertz CT molecular complexity index is 663. The summed E-state index contributed by atoms with van der Waals surface area (Å²) in [6.07, 6.45) is 5.18. The van der Waals surface area contributed by atoms with Crippen molar-refractivity contribution in [2.24, 2.45) is 0 Å². The Labute approximate surface area is 136 Å². The Balaban J connectivity index is 1.98. The highest BCUT2D eigenvalue weighted by molar-refractivity contribution is 6.02. The number of unbranched alkanes of at least 4 members (excludes halogenated alkanes) is 1. The maximum absolute atomic E-state index is 12.0. The number of hydrogen-bond donors (Lipinski definition) is 2. The summed E-state index contributed by atoms with van der Waals surface area (Å²) in [5.74, 6) is 0.640. The van der Waals surface area contributed by atoms with Gasteiger partial charge in [0.25, 0.3) is 0 Å². The fourth-order valence-corrected chi connectivity index (χ4v) is 1.95. The van der Waals surface area contributed by atoms with Crippen LogP contribution in [0, 0.1) is 0 Å². The Morgan fingerprint density at radius 3 is 2.65 bits per heavy atom. The molecule has 23 heavy (non-hydrogen) atoms. The van der Waals surface area contributed by atoms with Crippen LogP contribution in [0.4, 0.5) is 5.69 Å². The van der Waals surface area contributed by atoms with Gasteiger partial charge in [-0.05, 0) is 42.3 Å². The third kappa shape index (κ3) is 5.51. The number of phenolic OH excluding ortho intramolecular Hbond substituents is 1. The van der Waals surface area contributed by atoms with Gasteiger partial charge < -0.3 is 15.2 Å². The minimum atomic E-state index is -0.232. The van der Waals surface area contributed by atoms with E-state index in [9.17, 15) is 9.90 Å². The molecule has 4 nitrogen and oxygen atoms in total. The maximum atomic E-state index is 12.0. The Kier molecular flexibility index (Phi) is 6.24. The van der Waals surface area contributed by atoms with E-state index in [0.717, 1.165) is 18.4 Å². The highest BCUT2D eigenvalue weighted by atomic mass is 16.5. The summed E-state index contributed by atoms with van der Waals surface area (Å²) >= 11 is 0. The van der Waals surface area contributed by atoms with Gasteiger partial charge in [0.15, 0.2) is 0 Å². The molecule has 0 heterocycles. The molecule has 0 bridgehead atoms. The van der Waals surface area contributed by atoms with Crippen molar-refractivity contribution in [2.45, 2.75) is 19.8 Å². The largest absolute Gasteiger partial charge is 0.508 e. The van der Waals surface area contributed by atoms with Gasteiger partial charge in [-0.3, -0.25) is 4.79 Å². The summed E-state index contributed by atoms with van der Waals surface area (Å²) < 4.78 is 5.69. The Hall–Kier alpha value is -2.75. The molecule has 2 aromatic rings. The molecule has 4 heteroatoms. The normalized spacial score (nSPS) is 10.7. The van der Waals surface area contributed by atoms with Gasteiger partial charge in [0, 0.05) is 6.08 Å². The summed E-state index contributed by atoms with van der Waals surface area (Å²) in [7, 11) is 0. The van der Waals surface area contributed by atoms with Crippen LogP contribution in [0.2, 0.25) is 0 Å². The molecule has 0 radical (unpaired) electrons. The third-order valence-corrected chi connectivity index (χ3v) is 3.22. The van der Waals surface area contributed by atoms with E-state index in [1.807, 2.05) is 24.3 Å². The predicted octanol–water partition coefficient (Wildman–Crippen LogP) is 4.22. The Morgan fingerprint density at radius 2 is 1.91 bits per heavy atom. The number of benzene rings is 2. The van der Waals surface area contributed by atoms with Crippen molar-refractivity contribution in [1.29, 1.82) is 0 Å². The molecular formula is C19H21NO3. The molecule has 1 amide bonds. The summed E-state index contributed by atoms with van der Waals surface area (Å²) in [6.45, 7) is 2.73. The second-order valence-corrected chi connectivity index (χ2v) is 5.11.